The number of halogens is 4. The van der Waals surface area contributed by atoms with E-state index >= 15 is 0 Å². The summed E-state index contributed by atoms with van der Waals surface area (Å²) in [6.45, 7) is 0. The Balaban J connectivity index is 2.18. The van der Waals surface area contributed by atoms with E-state index in [2.05, 4.69) is 10.6 Å². The molecule has 0 atom stereocenters. The van der Waals surface area contributed by atoms with Gasteiger partial charge in [-0.25, -0.2) is 0 Å². The normalized spacial score (nSPS) is 10.2. The van der Waals surface area contributed by atoms with Crippen LogP contribution in [0.1, 0.15) is 0 Å². The van der Waals surface area contributed by atoms with E-state index in [1.807, 2.05) is 0 Å². The maximum Gasteiger partial charge on any atom is 0.175 e. The summed E-state index contributed by atoms with van der Waals surface area (Å²) >= 11 is 29.4. The molecule has 0 heterocycles. The maximum absolute atomic E-state index is 6.05. The van der Waals surface area contributed by atoms with Gasteiger partial charge in [0, 0.05) is 0 Å². The molecule has 0 spiro atoms. The van der Waals surface area contributed by atoms with Crippen LogP contribution in [0.3, 0.4) is 0 Å². The van der Waals surface area contributed by atoms with Gasteiger partial charge in [0.2, 0.25) is 0 Å². The van der Waals surface area contributed by atoms with E-state index in [1.54, 1.807) is 36.4 Å². The van der Waals surface area contributed by atoms with Gasteiger partial charge in [-0.3, -0.25) is 0 Å². The molecule has 0 bridgehead atoms. The number of anilines is 2. The monoisotopic (exact) mass is 364 g/mol. The van der Waals surface area contributed by atoms with Gasteiger partial charge >= 0.3 is 0 Å². The molecular formula is C13H8Cl4N2S. The third-order valence-corrected chi connectivity index (χ3v) is 3.87. The summed E-state index contributed by atoms with van der Waals surface area (Å²) in [5.74, 6) is 0. The molecule has 2 nitrogen and oxygen atoms in total. The zero-order chi connectivity index (χ0) is 14.7. The number of rotatable bonds is 2. The van der Waals surface area contributed by atoms with E-state index < -0.39 is 0 Å². The van der Waals surface area contributed by atoms with Crippen molar-refractivity contribution in [1.82, 2.24) is 0 Å². The Labute approximate surface area is 142 Å². The third kappa shape index (κ3) is 3.68. The van der Waals surface area contributed by atoms with Gasteiger partial charge in [-0.2, -0.15) is 0 Å². The Morgan fingerprint density at radius 2 is 1.00 bits per heavy atom. The first kappa shape index (κ1) is 15.7. The molecule has 7 heteroatoms. The molecule has 2 aromatic carbocycles. The van der Waals surface area contributed by atoms with E-state index in [0.717, 1.165) is 0 Å². The van der Waals surface area contributed by atoms with Crippen molar-refractivity contribution in [3.63, 3.8) is 0 Å². The number of hydrogen-bond acceptors (Lipinski definition) is 1. The second kappa shape index (κ2) is 6.83. The highest BCUT2D eigenvalue weighted by Gasteiger charge is 2.10. The van der Waals surface area contributed by atoms with E-state index in [0.29, 0.717) is 31.5 Å². The average Bonchev–Trinajstić information content (AvgIpc) is 2.39. The third-order valence-electron chi connectivity index (χ3n) is 2.40. The van der Waals surface area contributed by atoms with E-state index in [4.69, 9.17) is 58.6 Å². The molecule has 0 fully saturated rings. The first-order valence-electron chi connectivity index (χ1n) is 5.45. The molecule has 2 aromatic rings. The van der Waals surface area contributed by atoms with Gasteiger partial charge in [-0.05, 0) is 36.5 Å². The summed E-state index contributed by atoms with van der Waals surface area (Å²) in [6, 6.07) is 10.3. The van der Waals surface area contributed by atoms with Crippen LogP contribution in [0.5, 0.6) is 0 Å². The summed E-state index contributed by atoms with van der Waals surface area (Å²) < 4.78 is 0. The molecule has 0 aromatic heterocycles. The Hall–Kier alpha value is -0.710. The van der Waals surface area contributed by atoms with E-state index in [-0.39, 0.29) is 5.11 Å². The summed E-state index contributed by atoms with van der Waals surface area (Å²) in [6.07, 6.45) is 0. The van der Waals surface area contributed by atoms with Crippen molar-refractivity contribution in [3.8, 4) is 0 Å². The van der Waals surface area contributed by atoms with Gasteiger partial charge in [0.05, 0.1) is 31.5 Å². The fourth-order valence-electron chi connectivity index (χ4n) is 1.49. The fraction of sp³-hybridized carbons (Fsp3) is 0. The lowest BCUT2D eigenvalue weighted by molar-refractivity contribution is 1.59. The molecule has 104 valence electrons. The molecule has 0 aliphatic heterocycles. The topological polar surface area (TPSA) is 24.1 Å². The van der Waals surface area contributed by atoms with Crippen molar-refractivity contribution in [3.05, 3.63) is 56.5 Å². The number of thiocarbonyl (C=S) groups is 1. The summed E-state index contributed by atoms with van der Waals surface area (Å²) in [4.78, 5) is 0. The largest absolute Gasteiger partial charge is 0.330 e. The van der Waals surface area contributed by atoms with Gasteiger partial charge in [0.25, 0.3) is 0 Å². The van der Waals surface area contributed by atoms with Crippen LogP contribution in [-0.2, 0) is 0 Å². The zero-order valence-corrected chi connectivity index (χ0v) is 13.7. The lowest BCUT2D eigenvalue weighted by Crippen LogP contribution is -2.20. The second-order valence-corrected chi connectivity index (χ2v) is 5.81. The molecule has 20 heavy (non-hydrogen) atoms. The Kier molecular flexibility index (Phi) is 5.35. The minimum Gasteiger partial charge on any atom is -0.330 e. The lowest BCUT2D eigenvalue weighted by Gasteiger charge is -2.14. The van der Waals surface area contributed by atoms with Crippen LogP contribution in [0.15, 0.2) is 36.4 Å². The minimum absolute atomic E-state index is 0.287. The summed E-state index contributed by atoms with van der Waals surface area (Å²) in [5.41, 5.74) is 1.05. The standard InChI is InChI=1S/C13H8Cl4N2S/c14-7-3-1-4-8(15)11(7)18-13(20)19-12-9(16)5-2-6-10(12)17/h1-6H,(H2,18,19,20). The fourth-order valence-corrected chi connectivity index (χ4v) is 2.68. The Morgan fingerprint density at radius 1 is 0.700 bits per heavy atom. The van der Waals surface area contributed by atoms with Crippen LogP contribution in [-0.4, -0.2) is 5.11 Å². The van der Waals surface area contributed by atoms with Gasteiger partial charge in [0.15, 0.2) is 5.11 Å². The van der Waals surface area contributed by atoms with Crippen LogP contribution in [0, 0.1) is 0 Å². The quantitative estimate of drug-likeness (QED) is 0.628. The second-order valence-electron chi connectivity index (χ2n) is 3.77. The molecule has 0 aliphatic carbocycles. The lowest BCUT2D eigenvalue weighted by atomic mass is 10.3. The summed E-state index contributed by atoms with van der Waals surface area (Å²) in [5, 5.41) is 7.99. The zero-order valence-electron chi connectivity index (χ0n) is 9.88. The molecule has 0 aliphatic rings. The molecule has 0 saturated carbocycles. The van der Waals surface area contributed by atoms with Crippen molar-refractivity contribution in [2.24, 2.45) is 0 Å². The van der Waals surface area contributed by atoms with E-state index in [9.17, 15) is 0 Å². The number of benzene rings is 2. The van der Waals surface area contributed by atoms with Gasteiger partial charge in [0.1, 0.15) is 0 Å². The van der Waals surface area contributed by atoms with Crippen molar-refractivity contribution >= 4 is 75.1 Å². The minimum atomic E-state index is 0.287. The predicted octanol–water partition coefficient (Wildman–Crippen LogP) is 6.11. The highest BCUT2D eigenvalue weighted by molar-refractivity contribution is 7.80. The van der Waals surface area contributed by atoms with Crippen LogP contribution >= 0.6 is 58.6 Å². The van der Waals surface area contributed by atoms with Crippen LogP contribution in [0.4, 0.5) is 11.4 Å². The summed E-state index contributed by atoms with van der Waals surface area (Å²) in [7, 11) is 0. The molecule has 2 N–H and O–H groups in total. The Morgan fingerprint density at radius 3 is 1.30 bits per heavy atom. The molecule has 0 amide bonds. The van der Waals surface area contributed by atoms with Gasteiger partial charge < -0.3 is 10.6 Å². The average molecular weight is 366 g/mol. The molecular weight excluding hydrogens is 358 g/mol. The number of nitrogens with one attached hydrogen (secondary N) is 2. The predicted molar refractivity (Wildman–Crippen MR) is 92.8 cm³/mol. The van der Waals surface area contributed by atoms with Crippen molar-refractivity contribution in [2.45, 2.75) is 0 Å². The molecule has 0 saturated heterocycles. The first-order valence-corrected chi connectivity index (χ1v) is 7.37. The van der Waals surface area contributed by atoms with Crippen LogP contribution < -0.4 is 10.6 Å². The molecule has 0 unspecified atom stereocenters. The Bertz CT molecular complexity index is 565. The SMILES string of the molecule is S=C(Nc1c(Cl)cccc1Cl)Nc1c(Cl)cccc1Cl. The molecule has 2 rings (SSSR count). The van der Waals surface area contributed by atoms with Crippen LogP contribution in [0.25, 0.3) is 0 Å². The van der Waals surface area contributed by atoms with Gasteiger partial charge in [-0.15, -0.1) is 0 Å². The van der Waals surface area contributed by atoms with E-state index in [1.165, 1.54) is 0 Å². The first-order chi connectivity index (χ1) is 9.49. The van der Waals surface area contributed by atoms with Crippen molar-refractivity contribution < 1.29 is 0 Å². The van der Waals surface area contributed by atoms with Crippen molar-refractivity contribution in [2.75, 3.05) is 10.6 Å². The number of para-hydroxylation sites is 2. The maximum atomic E-state index is 6.05. The smallest absolute Gasteiger partial charge is 0.175 e. The van der Waals surface area contributed by atoms with Crippen LogP contribution in [0.2, 0.25) is 20.1 Å². The van der Waals surface area contributed by atoms with Crippen molar-refractivity contribution in [1.29, 1.82) is 0 Å². The number of hydrogen-bond donors (Lipinski definition) is 2. The van der Waals surface area contributed by atoms with Gasteiger partial charge in [-0.1, -0.05) is 58.5 Å². The molecule has 0 radical (unpaired) electrons. The highest BCUT2D eigenvalue weighted by Crippen LogP contribution is 2.32. The highest BCUT2D eigenvalue weighted by atomic mass is 35.5.